The van der Waals surface area contributed by atoms with Crippen molar-refractivity contribution in [2.45, 2.75) is 0 Å². The molecule has 0 heterocycles. The van der Waals surface area contributed by atoms with Gasteiger partial charge in [0.05, 0.1) is 0 Å². The first-order valence-corrected chi connectivity index (χ1v) is 16.6. The molecule has 0 radical (unpaired) electrons. The Labute approximate surface area is 236 Å². The predicted octanol–water partition coefficient (Wildman–Crippen LogP) is 6.65. The lowest BCUT2D eigenvalue weighted by Crippen LogP contribution is -2.24. The Morgan fingerprint density at radius 3 is 0.475 bits per heavy atom. The summed E-state index contributed by atoms with van der Waals surface area (Å²) in [6.07, 6.45) is 0. The van der Waals surface area contributed by atoms with Crippen molar-refractivity contribution in [2.24, 2.45) is 0 Å². The monoisotopic (exact) mass is 556 g/mol. The van der Waals surface area contributed by atoms with E-state index in [4.69, 9.17) is 0 Å². The Balaban J connectivity index is 0.000000161. The molecule has 40 heavy (non-hydrogen) atoms. The van der Waals surface area contributed by atoms with Crippen molar-refractivity contribution in [3.8, 4) is 0 Å². The minimum absolute atomic E-state index is 0.873. The van der Waals surface area contributed by atoms with Crippen LogP contribution in [0.2, 0.25) is 0 Å². The molecular weight excluding hydrogens is 526 g/mol. The van der Waals surface area contributed by atoms with Crippen molar-refractivity contribution in [3.63, 3.8) is 0 Å². The zero-order chi connectivity index (χ0) is 27.7. The van der Waals surface area contributed by atoms with Crippen LogP contribution in [-0.2, 0) is 9.13 Å². The first-order chi connectivity index (χ1) is 19.6. The molecule has 6 aromatic rings. The van der Waals surface area contributed by atoms with Gasteiger partial charge in [0, 0.05) is 31.8 Å². The fourth-order valence-electron chi connectivity index (χ4n) is 4.72. The Morgan fingerprint density at radius 1 is 0.225 bits per heavy atom. The van der Waals surface area contributed by atoms with Gasteiger partial charge in [0.25, 0.3) is 0 Å². The highest BCUT2D eigenvalue weighted by Gasteiger charge is 2.30. The van der Waals surface area contributed by atoms with E-state index in [0.717, 1.165) is 31.8 Å². The second kappa shape index (κ2) is 12.8. The molecule has 0 N–H and O–H groups in total. The maximum absolute atomic E-state index is 13.8. The van der Waals surface area contributed by atoms with Crippen LogP contribution in [0.25, 0.3) is 0 Å². The van der Waals surface area contributed by atoms with Crippen LogP contribution in [0, 0.1) is 0 Å². The largest absolute Gasteiger partial charge is 0.309 e. The fourth-order valence-corrected chi connectivity index (χ4v) is 10.1. The summed E-state index contributed by atoms with van der Waals surface area (Å²) < 4.78 is 27.6. The maximum atomic E-state index is 13.8. The van der Waals surface area contributed by atoms with E-state index in [2.05, 4.69) is 0 Å². The number of hydrogen-bond donors (Lipinski definition) is 0. The van der Waals surface area contributed by atoms with E-state index in [9.17, 15) is 9.13 Å². The molecule has 196 valence electrons. The standard InChI is InChI=1S/2C18H15OP/c2*19-20(16-10-4-1-5-11-16,17-12-6-2-7-13-17)18-14-8-3-9-15-18/h2*1-15H. The molecule has 6 aromatic carbocycles. The summed E-state index contributed by atoms with van der Waals surface area (Å²) in [6, 6.07) is 58.3. The second-order valence-electron chi connectivity index (χ2n) is 9.23. The molecule has 0 unspecified atom stereocenters. The average molecular weight is 557 g/mol. The maximum Gasteiger partial charge on any atom is 0.171 e. The van der Waals surface area contributed by atoms with E-state index in [0.29, 0.717) is 0 Å². The Hall–Kier alpha value is -4.22. The molecule has 0 aromatic heterocycles. The van der Waals surface area contributed by atoms with Crippen LogP contribution in [0.3, 0.4) is 0 Å². The number of rotatable bonds is 6. The molecule has 2 nitrogen and oxygen atoms in total. The van der Waals surface area contributed by atoms with Crippen molar-refractivity contribution in [3.05, 3.63) is 182 Å². The van der Waals surface area contributed by atoms with Gasteiger partial charge in [-0.25, -0.2) is 0 Å². The third-order valence-electron chi connectivity index (χ3n) is 6.72. The number of hydrogen-bond acceptors (Lipinski definition) is 2. The van der Waals surface area contributed by atoms with Crippen LogP contribution in [0.4, 0.5) is 0 Å². The minimum atomic E-state index is -2.78. The molecule has 0 spiro atoms. The molecule has 0 aliphatic carbocycles. The van der Waals surface area contributed by atoms with Gasteiger partial charge in [-0.05, 0) is 0 Å². The summed E-state index contributed by atoms with van der Waals surface area (Å²) in [5.41, 5.74) is 0. The quantitative estimate of drug-likeness (QED) is 0.215. The lowest BCUT2D eigenvalue weighted by molar-refractivity contribution is 0.591. The summed E-state index contributed by atoms with van der Waals surface area (Å²) in [6.45, 7) is 0. The summed E-state index contributed by atoms with van der Waals surface area (Å²) in [7, 11) is -5.55. The molecule has 4 heteroatoms. The van der Waals surface area contributed by atoms with Crippen LogP contribution >= 0.6 is 14.3 Å². The van der Waals surface area contributed by atoms with Gasteiger partial charge in [-0.1, -0.05) is 182 Å². The zero-order valence-electron chi connectivity index (χ0n) is 22.0. The second-order valence-corrected chi connectivity index (χ2v) is 14.8. The Bertz CT molecular complexity index is 1370. The van der Waals surface area contributed by atoms with E-state index in [-0.39, 0.29) is 0 Å². The van der Waals surface area contributed by atoms with Gasteiger partial charge in [0.1, 0.15) is 0 Å². The predicted molar refractivity (Wildman–Crippen MR) is 172 cm³/mol. The topological polar surface area (TPSA) is 34.1 Å². The molecule has 6 rings (SSSR count). The lowest BCUT2D eigenvalue weighted by Gasteiger charge is -2.19. The summed E-state index contributed by atoms with van der Waals surface area (Å²) in [4.78, 5) is 0. The van der Waals surface area contributed by atoms with Crippen LogP contribution in [0.15, 0.2) is 182 Å². The van der Waals surface area contributed by atoms with Gasteiger partial charge >= 0.3 is 0 Å². The van der Waals surface area contributed by atoms with Gasteiger partial charge in [-0.2, -0.15) is 0 Å². The summed E-state index contributed by atoms with van der Waals surface area (Å²) in [5, 5.41) is 5.24. The van der Waals surface area contributed by atoms with Gasteiger partial charge in [-0.3, -0.25) is 0 Å². The van der Waals surface area contributed by atoms with Gasteiger partial charge in [-0.15, -0.1) is 0 Å². The SMILES string of the molecule is O=P(c1ccccc1)(c1ccccc1)c1ccccc1.O=P(c1ccccc1)(c1ccccc1)c1ccccc1. The summed E-state index contributed by atoms with van der Waals surface area (Å²) >= 11 is 0. The third kappa shape index (κ3) is 5.70. The van der Waals surface area contributed by atoms with Crippen molar-refractivity contribution in [1.29, 1.82) is 0 Å². The molecule has 0 atom stereocenters. The molecular formula is C36H30O2P2. The normalized spacial score (nSPS) is 11.2. The summed E-state index contributed by atoms with van der Waals surface area (Å²) in [5.74, 6) is 0. The minimum Gasteiger partial charge on any atom is -0.309 e. The molecule has 0 saturated carbocycles. The van der Waals surface area contributed by atoms with Gasteiger partial charge < -0.3 is 9.13 Å². The van der Waals surface area contributed by atoms with Crippen LogP contribution in [-0.4, -0.2) is 0 Å². The van der Waals surface area contributed by atoms with Crippen LogP contribution in [0.5, 0.6) is 0 Å². The number of benzene rings is 6. The lowest BCUT2D eigenvalue weighted by atomic mass is 10.4. The molecule has 0 fully saturated rings. The van der Waals surface area contributed by atoms with E-state index in [1.54, 1.807) is 0 Å². The Kier molecular flexibility index (Phi) is 8.72. The van der Waals surface area contributed by atoms with Crippen molar-refractivity contribution in [2.75, 3.05) is 0 Å². The fraction of sp³-hybridized carbons (Fsp3) is 0. The van der Waals surface area contributed by atoms with E-state index in [1.807, 2.05) is 182 Å². The van der Waals surface area contributed by atoms with Crippen LogP contribution < -0.4 is 31.8 Å². The molecule has 0 aliphatic rings. The molecule has 0 aliphatic heterocycles. The van der Waals surface area contributed by atoms with Gasteiger partial charge in [0.2, 0.25) is 0 Å². The zero-order valence-corrected chi connectivity index (χ0v) is 23.8. The Morgan fingerprint density at radius 2 is 0.350 bits per heavy atom. The first kappa shape index (κ1) is 27.4. The molecule has 0 bridgehead atoms. The van der Waals surface area contributed by atoms with Gasteiger partial charge in [0.15, 0.2) is 14.3 Å². The molecule has 0 saturated heterocycles. The highest BCUT2D eigenvalue weighted by atomic mass is 31.2. The third-order valence-corrected chi connectivity index (χ3v) is 12.9. The van der Waals surface area contributed by atoms with Crippen molar-refractivity contribution >= 4 is 46.1 Å². The van der Waals surface area contributed by atoms with E-state index < -0.39 is 14.3 Å². The van der Waals surface area contributed by atoms with E-state index >= 15 is 0 Å². The molecule has 0 amide bonds. The highest BCUT2D eigenvalue weighted by molar-refractivity contribution is 7.85. The van der Waals surface area contributed by atoms with Crippen LogP contribution in [0.1, 0.15) is 0 Å². The smallest absolute Gasteiger partial charge is 0.171 e. The highest BCUT2D eigenvalue weighted by Crippen LogP contribution is 2.42. The average Bonchev–Trinajstić information content (AvgIpc) is 3.07. The van der Waals surface area contributed by atoms with E-state index in [1.165, 1.54) is 0 Å². The van der Waals surface area contributed by atoms with Crippen molar-refractivity contribution in [1.82, 2.24) is 0 Å². The van der Waals surface area contributed by atoms with Crippen molar-refractivity contribution < 1.29 is 9.13 Å². The first-order valence-electron chi connectivity index (χ1n) is 13.2.